The molecule has 0 aromatic heterocycles. The number of rotatable bonds is 3. The van der Waals surface area contributed by atoms with E-state index in [1.807, 2.05) is 0 Å². The largest absolute Gasteiger partial charge is 0.416 e. The van der Waals surface area contributed by atoms with Crippen molar-refractivity contribution < 1.29 is 26.3 Å². The van der Waals surface area contributed by atoms with E-state index >= 15 is 0 Å². The van der Waals surface area contributed by atoms with Crippen LogP contribution in [0.1, 0.15) is 30.0 Å². The molecule has 0 saturated heterocycles. The van der Waals surface area contributed by atoms with E-state index in [4.69, 9.17) is 5.73 Å². The molecule has 0 saturated carbocycles. The minimum Gasteiger partial charge on any atom is -0.324 e. The van der Waals surface area contributed by atoms with Crippen LogP contribution in [0.3, 0.4) is 0 Å². The van der Waals surface area contributed by atoms with Crippen molar-refractivity contribution in [1.29, 1.82) is 0 Å². The third-order valence-corrected chi connectivity index (χ3v) is 3.18. The van der Waals surface area contributed by atoms with E-state index in [1.165, 1.54) is 0 Å². The van der Waals surface area contributed by atoms with Crippen LogP contribution in [0, 0.1) is 0 Å². The molecule has 0 fully saturated rings. The van der Waals surface area contributed by atoms with Crippen LogP contribution in [0.2, 0.25) is 0 Å². The van der Waals surface area contributed by atoms with Gasteiger partial charge in [0.05, 0.1) is 5.56 Å². The number of alkyl halides is 6. The molecule has 0 heterocycles. The molecule has 9 heteroatoms. The molecule has 0 unspecified atom stereocenters. The Morgan fingerprint density at radius 3 is 2.10 bits per heavy atom. The fourth-order valence-corrected chi connectivity index (χ4v) is 2.02. The van der Waals surface area contributed by atoms with Gasteiger partial charge in [-0.3, -0.25) is 0 Å². The summed E-state index contributed by atoms with van der Waals surface area (Å²) in [7, 11) is 0. The zero-order chi connectivity index (χ0) is 14.8. The molecule has 0 radical (unpaired) electrons. The van der Waals surface area contributed by atoms with Crippen molar-refractivity contribution in [2.45, 2.75) is 31.2 Å². The van der Waals surface area contributed by atoms with Crippen LogP contribution < -0.4 is 5.73 Å². The Kier molecular flexibility index (Phi) is 6.83. The number of hydrogen-bond donors (Lipinski definition) is 1. The molecule has 0 aliphatic rings. The van der Waals surface area contributed by atoms with Gasteiger partial charge in [-0.1, -0.05) is 15.9 Å². The summed E-state index contributed by atoms with van der Waals surface area (Å²) < 4.78 is 73.9. The highest BCUT2D eigenvalue weighted by Gasteiger charge is 2.32. The first kappa shape index (κ1) is 19.5. The van der Waals surface area contributed by atoms with Crippen LogP contribution in [0.4, 0.5) is 26.3 Å². The Bertz CT molecular complexity index is 446. The maximum Gasteiger partial charge on any atom is 0.416 e. The van der Waals surface area contributed by atoms with Gasteiger partial charge in [-0.05, 0) is 30.2 Å². The highest BCUT2D eigenvalue weighted by atomic mass is 79.9. The van der Waals surface area contributed by atoms with Gasteiger partial charge in [0.2, 0.25) is 0 Å². The smallest absolute Gasteiger partial charge is 0.324 e. The highest BCUT2D eigenvalue weighted by molar-refractivity contribution is 9.10. The van der Waals surface area contributed by atoms with E-state index in [2.05, 4.69) is 15.9 Å². The van der Waals surface area contributed by atoms with Crippen LogP contribution in [-0.4, -0.2) is 6.18 Å². The zero-order valence-corrected chi connectivity index (χ0v) is 12.3. The van der Waals surface area contributed by atoms with Crippen molar-refractivity contribution in [2.24, 2.45) is 5.73 Å². The average Bonchev–Trinajstić information content (AvgIpc) is 2.24. The first-order valence-corrected chi connectivity index (χ1v) is 5.99. The van der Waals surface area contributed by atoms with Gasteiger partial charge < -0.3 is 5.73 Å². The lowest BCUT2D eigenvalue weighted by Gasteiger charge is -2.17. The summed E-state index contributed by atoms with van der Waals surface area (Å²) in [4.78, 5) is 0. The fraction of sp³-hybridized carbons (Fsp3) is 0.455. The fourth-order valence-electron chi connectivity index (χ4n) is 1.48. The van der Waals surface area contributed by atoms with E-state index < -0.39 is 36.8 Å². The van der Waals surface area contributed by atoms with Crippen LogP contribution in [0.15, 0.2) is 22.7 Å². The number of nitrogens with two attached hydrogens (primary N) is 1. The van der Waals surface area contributed by atoms with Crippen LogP contribution >= 0.6 is 28.3 Å². The van der Waals surface area contributed by atoms with Gasteiger partial charge >= 0.3 is 12.4 Å². The van der Waals surface area contributed by atoms with E-state index in [1.54, 1.807) is 0 Å². The molecule has 1 atom stereocenters. The van der Waals surface area contributed by atoms with Crippen molar-refractivity contribution in [3.8, 4) is 0 Å². The molecule has 0 spiro atoms. The molecular weight excluding hydrogens is 375 g/mol. The third-order valence-electron chi connectivity index (χ3n) is 2.46. The van der Waals surface area contributed by atoms with Gasteiger partial charge in [0.1, 0.15) is 0 Å². The molecule has 116 valence electrons. The van der Waals surface area contributed by atoms with E-state index in [0.717, 1.165) is 18.2 Å². The summed E-state index contributed by atoms with van der Waals surface area (Å²) in [6.07, 6.45) is -10.6. The average molecular weight is 387 g/mol. The van der Waals surface area contributed by atoms with E-state index in [0.29, 0.717) is 0 Å². The molecule has 0 amide bonds. The minimum absolute atomic E-state index is 0. The first-order chi connectivity index (χ1) is 8.50. The van der Waals surface area contributed by atoms with Crippen molar-refractivity contribution >= 4 is 28.3 Å². The Labute approximate surface area is 126 Å². The second-order valence-electron chi connectivity index (χ2n) is 3.99. The molecule has 20 heavy (non-hydrogen) atoms. The molecule has 2 N–H and O–H groups in total. The second-order valence-corrected chi connectivity index (χ2v) is 4.85. The lowest BCUT2D eigenvalue weighted by molar-refractivity contribution is -0.138. The second kappa shape index (κ2) is 7.00. The summed E-state index contributed by atoms with van der Waals surface area (Å²) in [6.45, 7) is 0. The first-order valence-electron chi connectivity index (χ1n) is 5.19. The molecule has 1 rings (SSSR count). The highest BCUT2D eigenvalue weighted by Crippen LogP contribution is 2.35. The monoisotopic (exact) mass is 385 g/mol. The van der Waals surface area contributed by atoms with Gasteiger partial charge in [-0.25, -0.2) is 0 Å². The van der Waals surface area contributed by atoms with Gasteiger partial charge in [-0.2, -0.15) is 26.3 Å². The maximum absolute atomic E-state index is 12.5. The van der Waals surface area contributed by atoms with Crippen LogP contribution in [0.5, 0.6) is 0 Å². The van der Waals surface area contributed by atoms with Crippen LogP contribution in [0.25, 0.3) is 0 Å². The SMILES string of the molecule is Cl.N[C@@H](CCC(F)(F)F)c1cc(C(F)(F)F)ccc1Br. The summed E-state index contributed by atoms with van der Waals surface area (Å²) >= 11 is 2.99. The Balaban J connectivity index is 0.00000361. The molecular formula is C11H11BrClF6N. The summed E-state index contributed by atoms with van der Waals surface area (Å²) in [5, 5.41) is 0. The Hall–Kier alpha value is -0.470. The quantitative estimate of drug-likeness (QED) is 0.707. The van der Waals surface area contributed by atoms with E-state index in [9.17, 15) is 26.3 Å². The molecule has 1 aromatic carbocycles. The lowest BCUT2D eigenvalue weighted by atomic mass is 10.0. The summed E-state index contributed by atoms with van der Waals surface area (Å²) in [5.41, 5.74) is 4.59. The lowest BCUT2D eigenvalue weighted by Crippen LogP contribution is -2.17. The molecule has 1 aromatic rings. The van der Waals surface area contributed by atoms with Crippen LogP contribution in [-0.2, 0) is 6.18 Å². The molecule has 0 bridgehead atoms. The Morgan fingerprint density at radius 1 is 1.10 bits per heavy atom. The predicted molar refractivity (Wildman–Crippen MR) is 68.6 cm³/mol. The summed E-state index contributed by atoms with van der Waals surface area (Å²) in [6, 6.07) is 1.62. The minimum atomic E-state index is -4.56. The van der Waals surface area contributed by atoms with Crippen molar-refractivity contribution in [2.75, 3.05) is 0 Å². The van der Waals surface area contributed by atoms with E-state index in [-0.39, 0.29) is 22.4 Å². The van der Waals surface area contributed by atoms with Crippen molar-refractivity contribution in [1.82, 2.24) is 0 Å². The number of hydrogen-bond acceptors (Lipinski definition) is 1. The standard InChI is InChI=1S/C11H10BrF6N.ClH/c12-8-2-1-6(11(16,17)18)5-7(8)9(19)3-4-10(13,14)15;/h1-2,5,9H,3-4,19H2;1H/t9-;/m0./s1. The molecule has 1 nitrogen and oxygen atoms in total. The summed E-state index contributed by atoms with van der Waals surface area (Å²) in [5.74, 6) is 0. The molecule has 0 aliphatic carbocycles. The van der Waals surface area contributed by atoms with Gasteiger partial charge in [0, 0.05) is 16.9 Å². The normalized spacial score (nSPS) is 13.8. The zero-order valence-electron chi connectivity index (χ0n) is 9.85. The molecule has 0 aliphatic heterocycles. The Morgan fingerprint density at radius 2 is 1.65 bits per heavy atom. The topological polar surface area (TPSA) is 26.0 Å². The number of benzene rings is 1. The van der Waals surface area contributed by atoms with Gasteiger partial charge in [0.15, 0.2) is 0 Å². The third kappa shape index (κ3) is 5.88. The maximum atomic E-state index is 12.5. The predicted octanol–water partition coefficient (Wildman–Crippen LogP) is 5.23. The van der Waals surface area contributed by atoms with Gasteiger partial charge in [0.25, 0.3) is 0 Å². The number of halogens is 8. The van der Waals surface area contributed by atoms with Gasteiger partial charge in [-0.15, -0.1) is 12.4 Å². The van der Waals surface area contributed by atoms with Crippen molar-refractivity contribution in [3.63, 3.8) is 0 Å². The van der Waals surface area contributed by atoms with Crippen molar-refractivity contribution in [3.05, 3.63) is 33.8 Å².